The van der Waals surface area contributed by atoms with Gasteiger partial charge in [-0.3, -0.25) is 9.59 Å². The summed E-state index contributed by atoms with van der Waals surface area (Å²) in [6, 6.07) is 15.5. The van der Waals surface area contributed by atoms with E-state index in [9.17, 15) is 14.4 Å². The highest BCUT2D eigenvalue weighted by Gasteiger charge is 2.43. The number of rotatable bonds is 8. The van der Waals surface area contributed by atoms with Gasteiger partial charge in [-0.2, -0.15) is 0 Å². The lowest BCUT2D eigenvalue weighted by atomic mass is 9.98. The van der Waals surface area contributed by atoms with E-state index in [4.69, 9.17) is 9.84 Å². The fourth-order valence-electron chi connectivity index (χ4n) is 4.27. The van der Waals surface area contributed by atoms with Crippen molar-refractivity contribution in [2.45, 2.75) is 31.7 Å². The molecule has 0 spiro atoms. The summed E-state index contributed by atoms with van der Waals surface area (Å²) in [7, 11) is 0. The minimum atomic E-state index is -0.831. The van der Waals surface area contributed by atoms with Crippen molar-refractivity contribution >= 4 is 18.0 Å². The van der Waals surface area contributed by atoms with Crippen molar-refractivity contribution in [3.05, 3.63) is 59.7 Å². The molecule has 3 unspecified atom stereocenters. The first-order valence-electron chi connectivity index (χ1n) is 10.6. The van der Waals surface area contributed by atoms with Crippen LogP contribution in [0, 0.1) is 11.8 Å². The molecule has 0 aliphatic heterocycles. The lowest BCUT2D eigenvalue weighted by molar-refractivity contribution is -0.139. The minimum Gasteiger partial charge on any atom is -0.481 e. The second-order valence-corrected chi connectivity index (χ2v) is 8.12. The Labute approximate surface area is 180 Å². The first-order chi connectivity index (χ1) is 15.0. The van der Waals surface area contributed by atoms with E-state index >= 15 is 0 Å². The van der Waals surface area contributed by atoms with Crippen LogP contribution in [0.5, 0.6) is 0 Å². The standard InChI is InChI=1S/C24H26N2O5/c1-2-21(22(27)25-12-14-11-19(14)23(28)29)26-24(30)31-13-20-17-9-5-3-7-15(17)16-8-4-6-10-18(16)20/h3-10,14,19-21H,2,11-13H2,1H3,(H,25,27)(H,26,30)(H,28,29). The van der Waals surface area contributed by atoms with Crippen molar-refractivity contribution in [1.29, 1.82) is 0 Å². The molecule has 0 bridgehead atoms. The molecule has 31 heavy (non-hydrogen) atoms. The van der Waals surface area contributed by atoms with Gasteiger partial charge in [-0.1, -0.05) is 55.5 Å². The van der Waals surface area contributed by atoms with Crippen molar-refractivity contribution in [2.24, 2.45) is 11.8 Å². The number of benzene rings is 2. The molecule has 2 aromatic carbocycles. The number of amides is 2. The number of aliphatic carboxylic acids is 1. The fourth-order valence-corrected chi connectivity index (χ4v) is 4.27. The molecule has 7 heteroatoms. The van der Waals surface area contributed by atoms with Crippen molar-refractivity contribution < 1.29 is 24.2 Å². The Hall–Kier alpha value is -3.35. The predicted octanol–water partition coefficient (Wildman–Crippen LogP) is 3.14. The van der Waals surface area contributed by atoms with E-state index < -0.39 is 18.1 Å². The van der Waals surface area contributed by atoms with E-state index in [0.717, 1.165) is 22.3 Å². The molecule has 1 fully saturated rings. The normalized spacial score (nSPS) is 19.6. The Balaban J connectivity index is 1.31. The zero-order valence-corrected chi connectivity index (χ0v) is 17.3. The van der Waals surface area contributed by atoms with Crippen LogP contribution in [0.15, 0.2) is 48.5 Å². The molecule has 0 radical (unpaired) electrons. The number of nitrogens with one attached hydrogen (secondary N) is 2. The fraction of sp³-hybridized carbons (Fsp3) is 0.375. The van der Waals surface area contributed by atoms with Gasteiger partial charge in [-0.25, -0.2) is 4.79 Å². The Morgan fingerprint density at radius 3 is 2.23 bits per heavy atom. The number of carboxylic acids is 1. The lowest BCUT2D eigenvalue weighted by Gasteiger charge is -2.18. The van der Waals surface area contributed by atoms with Gasteiger partial charge >= 0.3 is 12.1 Å². The number of alkyl carbamates (subject to hydrolysis) is 1. The summed E-state index contributed by atoms with van der Waals surface area (Å²) in [6.45, 7) is 2.28. The number of fused-ring (bicyclic) bond motifs is 3. The predicted molar refractivity (Wildman–Crippen MR) is 115 cm³/mol. The van der Waals surface area contributed by atoms with Crippen LogP contribution in [0.3, 0.4) is 0 Å². The van der Waals surface area contributed by atoms with Crippen molar-refractivity contribution in [1.82, 2.24) is 10.6 Å². The maximum absolute atomic E-state index is 12.4. The molecule has 3 N–H and O–H groups in total. The van der Waals surface area contributed by atoms with Crippen LogP contribution in [0.2, 0.25) is 0 Å². The van der Waals surface area contributed by atoms with Crippen LogP contribution < -0.4 is 10.6 Å². The van der Waals surface area contributed by atoms with Gasteiger partial charge in [0.15, 0.2) is 0 Å². The monoisotopic (exact) mass is 422 g/mol. The Kier molecular flexibility index (Phi) is 5.93. The van der Waals surface area contributed by atoms with E-state index in [0.29, 0.717) is 19.4 Å². The summed E-state index contributed by atoms with van der Waals surface area (Å²) in [6.07, 6.45) is 0.341. The average molecular weight is 422 g/mol. The van der Waals surface area contributed by atoms with E-state index in [1.165, 1.54) is 0 Å². The van der Waals surface area contributed by atoms with E-state index in [1.807, 2.05) is 36.4 Å². The highest BCUT2D eigenvalue weighted by atomic mass is 16.5. The zero-order chi connectivity index (χ0) is 22.0. The first-order valence-corrected chi connectivity index (χ1v) is 10.6. The van der Waals surface area contributed by atoms with Crippen LogP contribution in [-0.2, 0) is 14.3 Å². The van der Waals surface area contributed by atoms with Crippen LogP contribution in [0.1, 0.15) is 36.8 Å². The highest BCUT2D eigenvalue weighted by molar-refractivity contribution is 5.86. The molecule has 4 rings (SSSR count). The molecule has 7 nitrogen and oxygen atoms in total. The SMILES string of the molecule is CCC(NC(=O)OCC1c2ccccc2-c2ccccc21)C(=O)NCC1CC1C(=O)O. The Morgan fingerprint density at radius 2 is 1.68 bits per heavy atom. The summed E-state index contributed by atoms with van der Waals surface area (Å²) in [5.41, 5.74) is 4.55. The van der Waals surface area contributed by atoms with Crippen LogP contribution >= 0.6 is 0 Å². The molecule has 2 aliphatic rings. The van der Waals surface area contributed by atoms with Crippen LogP contribution in [0.4, 0.5) is 4.79 Å². The molecule has 0 heterocycles. The van der Waals surface area contributed by atoms with Crippen LogP contribution in [0.25, 0.3) is 11.1 Å². The van der Waals surface area contributed by atoms with Gasteiger partial charge in [0.2, 0.25) is 5.91 Å². The molecule has 0 aromatic heterocycles. The maximum Gasteiger partial charge on any atom is 0.407 e. The minimum absolute atomic E-state index is 0.0339. The van der Waals surface area contributed by atoms with Crippen molar-refractivity contribution in [3.8, 4) is 11.1 Å². The van der Waals surface area contributed by atoms with Crippen LogP contribution in [-0.4, -0.2) is 42.3 Å². The van der Waals surface area contributed by atoms with Gasteiger partial charge in [-0.15, -0.1) is 0 Å². The molecular formula is C24H26N2O5. The molecule has 162 valence electrons. The summed E-state index contributed by atoms with van der Waals surface area (Å²) >= 11 is 0. The lowest BCUT2D eigenvalue weighted by Crippen LogP contribution is -2.47. The smallest absolute Gasteiger partial charge is 0.407 e. The first kappa shape index (κ1) is 20.9. The summed E-state index contributed by atoms with van der Waals surface area (Å²) in [5, 5.41) is 14.3. The third-order valence-electron chi connectivity index (χ3n) is 6.14. The van der Waals surface area contributed by atoms with E-state index in [-0.39, 0.29) is 30.3 Å². The maximum atomic E-state index is 12.4. The second kappa shape index (κ2) is 8.79. The molecule has 2 aliphatic carbocycles. The molecule has 3 atom stereocenters. The van der Waals surface area contributed by atoms with E-state index in [1.54, 1.807) is 6.92 Å². The molecule has 1 saturated carbocycles. The van der Waals surface area contributed by atoms with Gasteiger partial charge in [0, 0.05) is 12.5 Å². The van der Waals surface area contributed by atoms with Gasteiger partial charge < -0.3 is 20.5 Å². The van der Waals surface area contributed by atoms with Gasteiger partial charge in [0.05, 0.1) is 5.92 Å². The summed E-state index contributed by atoms with van der Waals surface area (Å²) in [5.74, 6) is -1.62. The number of hydrogen-bond acceptors (Lipinski definition) is 4. The highest BCUT2D eigenvalue weighted by Crippen LogP contribution is 2.44. The Bertz CT molecular complexity index is 959. The molecular weight excluding hydrogens is 396 g/mol. The van der Waals surface area contributed by atoms with Crippen molar-refractivity contribution in [3.63, 3.8) is 0 Å². The largest absolute Gasteiger partial charge is 0.481 e. The second-order valence-electron chi connectivity index (χ2n) is 8.12. The zero-order valence-electron chi connectivity index (χ0n) is 17.3. The van der Waals surface area contributed by atoms with Crippen molar-refractivity contribution in [2.75, 3.05) is 13.2 Å². The number of carboxylic acid groups (broad SMARTS) is 1. The molecule has 2 aromatic rings. The number of carbonyl (C=O) groups is 3. The van der Waals surface area contributed by atoms with Gasteiger partial charge in [0.25, 0.3) is 0 Å². The average Bonchev–Trinajstić information content (AvgIpc) is 3.50. The summed E-state index contributed by atoms with van der Waals surface area (Å²) in [4.78, 5) is 35.7. The molecule has 0 saturated heterocycles. The number of hydrogen-bond donors (Lipinski definition) is 3. The third kappa shape index (κ3) is 4.40. The van der Waals surface area contributed by atoms with Gasteiger partial charge in [0.1, 0.15) is 12.6 Å². The number of carbonyl (C=O) groups excluding carboxylic acids is 2. The van der Waals surface area contributed by atoms with E-state index in [2.05, 4.69) is 22.8 Å². The summed E-state index contributed by atoms with van der Waals surface area (Å²) < 4.78 is 5.50. The topological polar surface area (TPSA) is 105 Å². The quantitative estimate of drug-likeness (QED) is 0.606. The number of ether oxygens (including phenoxy) is 1. The Morgan fingerprint density at radius 1 is 1.06 bits per heavy atom. The van der Waals surface area contributed by atoms with Gasteiger partial charge in [-0.05, 0) is 41.0 Å². The molecule has 2 amide bonds. The third-order valence-corrected chi connectivity index (χ3v) is 6.14.